The van der Waals surface area contributed by atoms with E-state index in [1.165, 1.54) is 11.0 Å². The van der Waals surface area contributed by atoms with Gasteiger partial charge in [0.2, 0.25) is 17.7 Å². The number of cyclic esters (lactones) is 1. The second-order valence-corrected chi connectivity index (χ2v) is 11.8. The zero-order valence-corrected chi connectivity index (χ0v) is 24.5. The molecule has 11 nitrogen and oxygen atoms in total. The van der Waals surface area contributed by atoms with E-state index in [1.54, 1.807) is 6.20 Å². The molecule has 230 valence electrons. The number of alkyl carbamates (subject to hydrolysis) is 1. The van der Waals surface area contributed by atoms with Crippen molar-refractivity contribution in [1.82, 2.24) is 20.5 Å². The summed E-state index contributed by atoms with van der Waals surface area (Å²) in [4.78, 5) is 58.4. The van der Waals surface area contributed by atoms with Gasteiger partial charge < -0.3 is 30.1 Å². The van der Waals surface area contributed by atoms with Crippen molar-refractivity contribution in [1.29, 1.82) is 0 Å². The van der Waals surface area contributed by atoms with Crippen molar-refractivity contribution < 1.29 is 33.8 Å². The lowest BCUT2D eigenvalue weighted by Gasteiger charge is -2.29. The summed E-state index contributed by atoms with van der Waals surface area (Å²) >= 11 is 0. The summed E-state index contributed by atoms with van der Waals surface area (Å²) in [5.41, 5.74) is -0.319. The Labute approximate surface area is 251 Å². The number of aromatic nitrogens is 1. The molecule has 1 aromatic carbocycles. The van der Waals surface area contributed by atoms with E-state index in [2.05, 4.69) is 34.3 Å². The van der Waals surface area contributed by atoms with Gasteiger partial charge in [0.1, 0.15) is 23.7 Å². The van der Waals surface area contributed by atoms with Gasteiger partial charge in [0.25, 0.3) is 0 Å². The summed E-state index contributed by atoms with van der Waals surface area (Å²) in [6.07, 6.45) is 7.46. The van der Waals surface area contributed by atoms with Crippen LogP contribution in [0.3, 0.4) is 0 Å². The molecule has 3 N–H and O–H groups in total. The molecule has 1 aliphatic carbocycles. The molecule has 1 saturated carbocycles. The van der Waals surface area contributed by atoms with Gasteiger partial charge in [-0.05, 0) is 61.6 Å². The molecule has 11 heteroatoms. The van der Waals surface area contributed by atoms with E-state index in [1.807, 2.05) is 19.1 Å². The van der Waals surface area contributed by atoms with Crippen molar-refractivity contribution in [2.24, 2.45) is 5.92 Å². The van der Waals surface area contributed by atoms with E-state index in [9.17, 15) is 24.3 Å². The van der Waals surface area contributed by atoms with Gasteiger partial charge in [-0.3, -0.25) is 9.59 Å². The predicted molar refractivity (Wildman–Crippen MR) is 158 cm³/mol. The summed E-state index contributed by atoms with van der Waals surface area (Å²) in [5, 5.41) is 17.1. The molecule has 5 atom stereocenters. The molecule has 1 saturated heterocycles. The van der Waals surface area contributed by atoms with Crippen molar-refractivity contribution in [3.05, 3.63) is 48.7 Å². The van der Waals surface area contributed by atoms with Crippen LogP contribution in [0.1, 0.15) is 63.9 Å². The van der Waals surface area contributed by atoms with Crippen LogP contribution in [0.25, 0.3) is 10.8 Å². The fourth-order valence-electron chi connectivity index (χ4n) is 6.11. The molecule has 2 fully saturated rings. The summed E-state index contributed by atoms with van der Waals surface area (Å²) in [7, 11) is 0. The largest absolute Gasteiger partial charge is 0.479 e. The number of benzene rings is 1. The van der Waals surface area contributed by atoms with Crippen LogP contribution in [0.15, 0.2) is 43.1 Å². The second-order valence-electron chi connectivity index (χ2n) is 11.8. The third kappa shape index (κ3) is 6.60. The Morgan fingerprint density at radius 2 is 2.09 bits per heavy atom. The molecule has 3 aliphatic rings. The molecule has 3 heterocycles. The van der Waals surface area contributed by atoms with Crippen molar-refractivity contribution in [2.75, 3.05) is 13.2 Å². The van der Waals surface area contributed by atoms with Crippen LogP contribution < -0.4 is 15.4 Å². The molecule has 2 aromatic rings. The number of hydrogen-bond donors (Lipinski definition) is 3. The number of fused-ring (bicyclic) bond motifs is 3. The molecule has 4 bridgehead atoms. The number of amides is 3. The SMILES string of the molecule is C=C[C@@H]1C[C@]1(NC(=O)[C@@H]1C[C@@H]2CN1C(=O)[C@H](CCCC)NC(=O)OCCCCCc1ccc3ccnc(c3c1)O2)C(=O)O. The number of pyridine rings is 1. The standard InChI is InChI=1S/C32H40N4O7/c1-3-5-10-25-29(38)36-19-23(17-26(36)27(37)35-32(30(39)40)18-22(32)4-2)43-28-24-16-20(11-12-21(24)13-14-33-28)9-7-6-8-15-42-31(41)34-25/h4,11-14,16,22-23,25-26H,2-3,5-10,15,17-19H2,1H3,(H,34,41)(H,35,37)(H,39,40)/t22-,23-,25+,26+,32-/m1/s1. The number of aryl methyl sites for hydroxylation is 1. The minimum absolute atomic E-state index is 0.0684. The number of nitrogens with one attached hydrogen (secondary N) is 2. The number of unbranched alkanes of at least 4 members (excludes halogenated alkanes) is 1. The molecule has 5 rings (SSSR count). The van der Waals surface area contributed by atoms with Crippen LogP contribution in [0, 0.1) is 5.92 Å². The van der Waals surface area contributed by atoms with Crippen LogP contribution >= 0.6 is 0 Å². The van der Waals surface area contributed by atoms with Gasteiger partial charge in [-0.25, -0.2) is 14.6 Å². The highest BCUT2D eigenvalue weighted by Gasteiger charge is 2.61. The van der Waals surface area contributed by atoms with E-state index < -0.39 is 53.5 Å². The van der Waals surface area contributed by atoms with Crippen LogP contribution in [-0.4, -0.2) is 75.7 Å². The van der Waals surface area contributed by atoms with Gasteiger partial charge >= 0.3 is 12.1 Å². The Morgan fingerprint density at radius 3 is 2.84 bits per heavy atom. The first-order chi connectivity index (χ1) is 20.8. The summed E-state index contributed by atoms with van der Waals surface area (Å²) < 4.78 is 11.8. The monoisotopic (exact) mass is 592 g/mol. The van der Waals surface area contributed by atoms with Gasteiger partial charge in [-0.15, -0.1) is 6.58 Å². The average Bonchev–Trinajstić information content (AvgIpc) is 3.56. The van der Waals surface area contributed by atoms with Crippen molar-refractivity contribution in [3.63, 3.8) is 0 Å². The first kappa shape index (κ1) is 30.3. The number of carboxylic acids is 1. The normalized spacial score (nSPS) is 27.8. The number of ether oxygens (including phenoxy) is 2. The van der Waals surface area contributed by atoms with Crippen molar-refractivity contribution >= 4 is 34.6 Å². The smallest absolute Gasteiger partial charge is 0.407 e. The first-order valence-electron chi connectivity index (χ1n) is 15.2. The Balaban J connectivity index is 1.47. The number of carboxylic acid groups (broad SMARTS) is 1. The van der Waals surface area contributed by atoms with E-state index >= 15 is 0 Å². The number of hydrogen-bond acceptors (Lipinski definition) is 7. The number of rotatable bonds is 7. The van der Waals surface area contributed by atoms with E-state index in [0.29, 0.717) is 25.1 Å². The highest BCUT2D eigenvalue weighted by molar-refractivity contribution is 5.96. The average molecular weight is 593 g/mol. The molecule has 0 spiro atoms. The van der Waals surface area contributed by atoms with Crippen LogP contribution in [0.4, 0.5) is 4.79 Å². The quantitative estimate of drug-likeness (QED) is 0.412. The molecule has 2 aliphatic heterocycles. The second kappa shape index (κ2) is 13.0. The van der Waals surface area contributed by atoms with Gasteiger partial charge in [0.15, 0.2) is 0 Å². The van der Waals surface area contributed by atoms with Crippen molar-refractivity contribution in [3.8, 4) is 5.88 Å². The van der Waals surface area contributed by atoms with Gasteiger partial charge in [0.05, 0.1) is 13.2 Å². The topological polar surface area (TPSA) is 147 Å². The summed E-state index contributed by atoms with van der Waals surface area (Å²) in [5.74, 6) is -2.16. The number of aliphatic carboxylic acids is 1. The molecular weight excluding hydrogens is 552 g/mol. The lowest BCUT2D eigenvalue weighted by Crippen LogP contribution is -2.56. The molecule has 3 amide bonds. The minimum Gasteiger partial charge on any atom is -0.479 e. The van der Waals surface area contributed by atoms with Gasteiger partial charge in [0, 0.05) is 23.9 Å². The minimum atomic E-state index is -1.45. The first-order valence-corrected chi connectivity index (χ1v) is 15.2. The fourth-order valence-corrected chi connectivity index (χ4v) is 6.11. The molecule has 1 aromatic heterocycles. The van der Waals surface area contributed by atoms with Crippen LogP contribution in [-0.2, 0) is 25.5 Å². The van der Waals surface area contributed by atoms with Crippen molar-refractivity contribution in [2.45, 2.75) is 88.4 Å². The maximum atomic E-state index is 14.0. The Bertz CT molecular complexity index is 1400. The number of carbonyl (C=O) groups is 4. The predicted octanol–water partition coefficient (Wildman–Crippen LogP) is 3.74. The highest BCUT2D eigenvalue weighted by atomic mass is 16.5. The Kier molecular flexibility index (Phi) is 9.17. The third-order valence-corrected chi connectivity index (χ3v) is 8.73. The van der Waals surface area contributed by atoms with Crippen LogP contribution in [0.5, 0.6) is 5.88 Å². The summed E-state index contributed by atoms with van der Waals surface area (Å²) in [6.45, 7) is 5.98. The zero-order valence-electron chi connectivity index (χ0n) is 24.5. The number of nitrogens with zero attached hydrogens (tertiary/aromatic N) is 2. The fraction of sp³-hybridized carbons (Fsp3) is 0.531. The Morgan fingerprint density at radius 1 is 1.26 bits per heavy atom. The lowest BCUT2D eigenvalue weighted by molar-refractivity contribution is -0.145. The van der Waals surface area contributed by atoms with E-state index in [0.717, 1.165) is 42.0 Å². The lowest BCUT2D eigenvalue weighted by atomic mass is 10.0. The zero-order chi connectivity index (χ0) is 30.6. The van der Waals surface area contributed by atoms with Gasteiger partial charge in [-0.1, -0.05) is 38.0 Å². The molecule has 0 radical (unpaired) electrons. The van der Waals surface area contributed by atoms with E-state index in [4.69, 9.17) is 9.47 Å². The van der Waals surface area contributed by atoms with Gasteiger partial charge in [-0.2, -0.15) is 0 Å². The molecule has 43 heavy (non-hydrogen) atoms. The van der Waals surface area contributed by atoms with E-state index in [-0.39, 0.29) is 26.0 Å². The maximum Gasteiger partial charge on any atom is 0.407 e. The third-order valence-electron chi connectivity index (χ3n) is 8.73. The number of carbonyl (C=O) groups excluding carboxylic acids is 3. The van der Waals surface area contributed by atoms with Crippen LogP contribution in [0.2, 0.25) is 0 Å². The maximum absolute atomic E-state index is 14.0. The Hall–Kier alpha value is -4.15. The highest BCUT2D eigenvalue weighted by Crippen LogP contribution is 2.45. The molecular formula is C32H40N4O7. The summed E-state index contributed by atoms with van der Waals surface area (Å²) in [6, 6.07) is 6.17. The molecule has 0 unspecified atom stereocenters.